The van der Waals surface area contributed by atoms with Gasteiger partial charge in [-0.05, 0) is 19.3 Å². The third kappa shape index (κ3) is 16.2. The molecule has 148 valence electrons. The Labute approximate surface area is 149 Å². The molecular weight excluding hydrogens is 351 g/mol. The summed E-state index contributed by atoms with van der Waals surface area (Å²) in [4.78, 5) is 32.0. The summed E-state index contributed by atoms with van der Waals surface area (Å²) in [7, 11) is -1.18. The molecule has 0 rings (SSSR count). The normalized spacial score (nSPS) is 13.2. The van der Waals surface area contributed by atoms with E-state index in [4.69, 9.17) is 14.2 Å². The predicted octanol–water partition coefficient (Wildman–Crippen LogP) is 1.36. The first kappa shape index (κ1) is 24.0. The molecule has 0 aromatic rings. The fraction of sp³-hybridized carbons (Fsp3) is 0.867. The molecule has 0 aliphatic carbocycles. The van der Waals surface area contributed by atoms with Crippen LogP contribution >= 0.6 is 7.82 Å². The Kier molecular flexibility index (Phi) is 14.7. The Bertz CT molecular complexity index is 421. The van der Waals surface area contributed by atoms with Gasteiger partial charge in [-0.15, -0.1) is 0 Å². The minimum absolute atomic E-state index is 0.0608. The quantitative estimate of drug-likeness (QED) is 0.272. The Balaban J connectivity index is 3.41. The molecule has 0 aliphatic heterocycles. The summed E-state index contributed by atoms with van der Waals surface area (Å²) in [6, 6.07) is 0. The minimum Gasteiger partial charge on any atom is -0.383 e. The van der Waals surface area contributed by atoms with Gasteiger partial charge in [-0.25, -0.2) is 4.57 Å². The summed E-state index contributed by atoms with van der Waals surface area (Å²) in [6.45, 7) is 1.70. The van der Waals surface area contributed by atoms with E-state index in [1.54, 1.807) is 7.11 Å². The monoisotopic (exact) mass is 382 g/mol. The zero-order chi connectivity index (χ0) is 19.0. The van der Waals surface area contributed by atoms with Crippen LogP contribution in [0.15, 0.2) is 0 Å². The van der Waals surface area contributed by atoms with E-state index in [1.807, 2.05) is 0 Å². The molecule has 1 atom stereocenters. The molecule has 0 saturated carbocycles. The number of amides is 2. The number of ether oxygens (including phenoxy) is 1. The molecule has 0 aromatic heterocycles. The van der Waals surface area contributed by atoms with Gasteiger partial charge < -0.3 is 20.3 Å². The lowest BCUT2D eigenvalue weighted by molar-refractivity contribution is -0.122. The Morgan fingerprint density at radius 1 is 0.880 bits per heavy atom. The molecular formula is C15H31N2O7P. The van der Waals surface area contributed by atoms with Crippen LogP contribution in [0.3, 0.4) is 0 Å². The second-order valence-corrected chi connectivity index (χ2v) is 7.01. The predicted molar refractivity (Wildman–Crippen MR) is 93.0 cm³/mol. The highest BCUT2D eigenvalue weighted by Gasteiger charge is 2.17. The second-order valence-electron chi connectivity index (χ2n) is 5.44. The lowest BCUT2D eigenvalue weighted by atomic mass is 10.2. The lowest BCUT2D eigenvalue weighted by Crippen LogP contribution is -2.28. The van der Waals surface area contributed by atoms with E-state index >= 15 is 0 Å². The number of nitrogens with one attached hydrogen (secondary N) is 2. The van der Waals surface area contributed by atoms with Crippen LogP contribution < -0.4 is 10.6 Å². The van der Waals surface area contributed by atoms with Gasteiger partial charge in [-0.2, -0.15) is 0 Å². The van der Waals surface area contributed by atoms with Gasteiger partial charge in [0.2, 0.25) is 11.8 Å². The van der Waals surface area contributed by atoms with Crippen molar-refractivity contribution in [2.45, 2.75) is 44.9 Å². The van der Waals surface area contributed by atoms with Crippen molar-refractivity contribution in [1.82, 2.24) is 10.6 Å². The Morgan fingerprint density at radius 2 is 1.48 bits per heavy atom. The third-order valence-electron chi connectivity index (χ3n) is 3.31. The van der Waals surface area contributed by atoms with Crippen molar-refractivity contribution in [2.24, 2.45) is 0 Å². The summed E-state index contributed by atoms with van der Waals surface area (Å²) >= 11 is 0. The van der Waals surface area contributed by atoms with Crippen molar-refractivity contribution in [2.75, 3.05) is 40.5 Å². The zero-order valence-corrected chi connectivity index (χ0v) is 16.0. The van der Waals surface area contributed by atoms with Gasteiger partial charge >= 0.3 is 7.82 Å². The fourth-order valence-electron chi connectivity index (χ4n) is 1.92. The number of methoxy groups -OCH3 is 1. The SMILES string of the molecule is COCCNC(=O)CCCC(=O)NCCCCCCOP(=O)(O)OC. The van der Waals surface area contributed by atoms with Gasteiger partial charge in [0.1, 0.15) is 0 Å². The maximum absolute atomic E-state index is 11.6. The van der Waals surface area contributed by atoms with E-state index in [0.29, 0.717) is 45.4 Å². The smallest absolute Gasteiger partial charge is 0.383 e. The minimum atomic E-state index is -3.87. The molecule has 9 nitrogen and oxygen atoms in total. The van der Waals surface area contributed by atoms with E-state index in [0.717, 1.165) is 26.4 Å². The number of phosphoric ester groups is 1. The van der Waals surface area contributed by atoms with Crippen LogP contribution in [0.5, 0.6) is 0 Å². The molecule has 2 amide bonds. The molecule has 0 radical (unpaired) electrons. The van der Waals surface area contributed by atoms with Crippen molar-refractivity contribution in [1.29, 1.82) is 0 Å². The molecule has 0 saturated heterocycles. The van der Waals surface area contributed by atoms with Crippen molar-refractivity contribution in [3.05, 3.63) is 0 Å². The molecule has 3 N–H and O–H groups in total. The zero-order valence-electron chi connectivity index (χ0n) is 15.1. The number of unbranched alkanes of at least 4 members (excludes halogenated alkanes) is 3. The number of rotatable bonds is 16. The van der Waals surface area contributed by atoms with Crippen LogP contribution in [0.1, 0.15) is 44.9 Å². The van der Waals surface area contributed by atoms with E-state index in [1.165, 1.54) is 0 Å². The van der Waals surface area contributed by atoms with Gasteiger partial charge in [0.05, 0.1) is 13.2 Å². The number of phosphoric acid groups is 1. The highest BCUT2D eigenvalue weighted by molar-refractivity contribution is 7.47. The van der Waals surface area contributed by atoms with E-state index in [9.17, 15) is 14.2 Å². The number of hydrogen-bond acceptors (Lipinski definition) is 6. The Hall–Kier alpha value is -0.990. The standard InChI is InChI=1S/C15H31N2O7P/c1-22-13-11-17-15(19)9-7-8-14(18)16-10-5-3-4-6-12-24-25(20,21)23-2/h3-13H2,1-2H3,(H,16,18)(H,17,19)(H,20,21). The summed E-state index contributed by atoms with van der Waals surface area (Å²) in [5, 5.41) is 5.51. The maximum atomic E-state index is 11.6. The summed E-state index contributed by atoms with van der Waals surface area (Å²) in [5.41, 5.74) is 0. The maximum Gasteiger partial charge on any atom is 0.471 e. The first-order valence-electron chi connectivity index (χ1n) is 8.46. The molecule has 0 fully saturated rings. The third-order valence-corrected chi connectivity index (χ3v) is 4.28. The number of carbonyl (C=O) groups excluding carboxylic acids is 2. The van der Waals surface area contributed by atoms with Crippen LogP contribution in [0.25, 0.3) is 0 Å². The average molecular weight is 382 g/mol. The van der Waals surface area contributed by atoms with Crippen molar-refractivity contribution >= 4 is 19.6 Å². The van der Waals surface area contributed by atoms with Crippen LogP contribution in [0, 0.1) is 0 Å². The first-order valence-corrected chi connectivity index (χ1v) is 9.96. The van der Waals surface area contributed by atoms with Crippen molar-refractivity contribution in [3.63, 3.8) is 0 Å². The molecule has 1 unspecified atom stereocenters. The van der Waals surface area contributed by atoms with Crippen LogP contribution in [0.2, 0.25) is 0 Å². The number of carbonyl (C=O) groups is 2. The van der Waals surface area contributed by atoms with Crippen molar-refractivity contribution in [3.8, 4) is 0 Å². The lowest BCUT2D eigenvalue weighted by Gasteiger charge is -2.09. The highest BCUT2D eigenvalue weighted by Crippen LogP contribution is 2.41. The highest BCUT2D eigenvalue weighted by atomic mass is 31.2. The summed E-state index contributed by atoms with van der Waals surface area (Å²) in [6.07, 6.45) is 4.37. The van der Waals surface area contributed by atoms with Gasteiger partial charge in [-0.3, -0.25) is 18.6 Å². The van der Waals surface area contributed by atoms with Gasteiger partial charge in [0, 0.05) is 40.2 Å². The summed E-state index contributed by atoms with van der Waals surface area (Å²) in [5.74, 6) is -0.137. The van der Waals surface area contributed by atoms with E-state index in [-0.39, 0.29) is 18.4 Å². The van der Waals surface area contributed by atoms with Gasteiger partial charge in [0.15, 0.2) is 0 Å². The molecule has 0 spiro atoms. The second kappa shape index (κ2) is 15.3. The largest absolute Gasteiger partial charge is 0.471 e. The van der Waals surface area contributed by atoms with E-state index in [2.05, 4.69) is 15.2 Å². The van der Waals surface area contributed by atoms with E-state index < -0.39 is 7.82 Å². The number of hydrogen-bond donors (Lipinski definition) is 3. The molecule has 10 heteroatoms. The van der Waals surface area contributed by atoms with Crippen LogP contribution in [-0.4, -0.2) is 57.2 Å². The topological polar surface area (TPSA) is 123 Å². The van der Waals surface area contributed by atoms with Gasteiger partial charge in [-0.1, -0.05) is 12.8 Å². The van der Waals surface area contributed by atoms with Gasteiger partial charge in [0.25, 0.3) is 0 Å². The molecule has 0 bridgehead atoms. The first-order chi connectivity index (χ1) is 11.9. The van der Waals surface area contributed by atoms with Crippen LogP contribution in [-0.2, 0) is 27.9 Å². The molecule has 25 heavy (non-hydrogen) atoms. The molecule has 0 aromatic carbocycles. The molecule has 0 heterocycles. The molecule has 0 aliphatic rings. The van der Waals surface area contributed by atoms with Crippen molar-refractivity contribution < 1.29 is 32.8 Å². The Morgan fingerprint density at radius 3 is 2.08 bits per heavy atom. The van der Waals surface area contributed by atoms with Crippen LogP contribution in [0.4, 0.5) is 0 Å². The average Bonchev–Trinajstić information content (AvgIpc) is 2.57. The fourth-order valence-corrected chi connectivity index (χ4v) is 2.39. The summed E-state index contributed by atoms with van der Waals surface area (Å²) < 4.78 is 24.8.